The van der Waals surface area contributed by atoms with E-state index in [-0.39, 0.29) is 6.61 Å². The maximum absolute atomic E-state index is 10.2. The number of rotatable bonds is 7. The first kappa shape index (κ1) is 14.0. The van der Waals surface area contributed by atoms with Gasteiger partial charge in [-0.2, -0.15) is 0 Å². The van der Waals surface area contributed by atoms with E-state index >= 15 is 0 Å². The van der Waals surface area contributed by atoms with Crippen LogP contribution in [-0.2, 0) is 0 Å². The average molecular weight is 314 g/mol. The Bertz CT molecular complexity index is 382. The Morgan fingerprint density at radius 2 is 2.11 bits per heavy atom. The van der Waals surface area contributed by atoms with Crippen LogP contribution in [0, 0.1) is 0 Å². The van der Waals surface area contributed by atoms with Gasteiger partial charge in [0.2, 0.25) is 0 Å². The van der Waals surface area contributed by atoms with Crippen LogP contribution < -0.4 is 0 Å². The lowest BCUT2D eigenvalue weighted by Crippen LogP contribution is -2.31. The first-order valence-electron chi connectivity index (χ1n) is 6.49. The highest BCUT2D eigenvalue weighted by molar-refractivity contribution is 9.10. The van der Waals surface area contributed by atoms with Crippen LogP contribution >= 0.6 is 15.9 Å². The van der Waals surface area contributed by atoms with Gasteiger partial charge < -0.3 is 10.2 Å². The molecule has 1 saturated carbocycles. The first-order valence-corrected chi connectivity index (χ1v) is 7.28. The lowest BCUT2D eigenvalue weighted by molar-refractivity contribution is 0.127. The second-order valence-corrected chi connectivity index (χ2v) is 5.77. The minimum Gasteiger partial charge on any atom is -0.395 e. The minimum atomic E-state index is -0.428. The van der Waals surface area contributed by atoms with E-state index in [0.717, 1.165) is 23.1 Å². The molecule has 1 aromatic rings. The van der Waals surface area contributed by atoms with Gasteiger partial charge in [0.15, 0.2) is 0 Å². The molecule has 1 aliphatic carbocycles. The minimum absolute atomic E-state index is 0.198. The number of benzene rings is 1. The van der Waals surface area contributed by atoms with Gasteiger partial charge in [-0.1, -0.05) is 28.1 Å². The van der Waals surface area contributed by atoms with Crippen molar-refractivity contribution in [2.24, 2.45) is 0 Å². The van der Waals surface area contributed by atoms with Gasteiger partial charge in [0, 0.05) is 23.6 Å². The predicted molar refractivity (Wildman–Crippen MR) is 75.4 cm³/mol. The summed E-state index contributed by atoms with van der Waals surface area (Å²) in [4.78, 5) is 2.28. The van der Waals surface area contributed by atoms with Crippen molar-refractivity contribution in [2.75, 3.05) is 19.7 Å². The van der Waals surface area contributed by atoms with Gasteiger partial charge in [-0.25, -0.2) is 0 Å². The molecule has 0 amide bonds. The molecule has 0 heterocycles. The van der Waals surface area contributed by atoms with Crippen molar-refractivity contribution in [2.45, 2.75) is 31.4 Å². The summed E-state index contributed by atoms with van der Waals surface area (Å²) in [6.07, 6.45) is 2.75. The number of hydrogen-bond acceptors (Lipinski definition) is 3. The van der Waals surface area contributed by atoms with E-state index in [1.54, 1.807) is 0 Å². The van der Waals surface area contributed by atoms with Gasteiger partial charge in [-0.15, -0.1) is 0 Å². The van der Waals surface area contributed by atoms with E-state index in [0.29, 0.717) is 12.5 Å². The maximum atomic E-state index is 10.2. The molecule has 0 spiro atoms. The fourth-order valence-corrected chi connectivity index (χ4v) is 2.63. The van der Waals surface area contributed by atoms with Gasteiger partial charge in [0.25, 0.3) is 0 Å². The molecule has 3 nitrogen and oxygen atoms in total. The highest BCUT2D eigenvalue weighted by Crippen LogP contribution is 2.28. The van der Waals surface area contributed by atoms with Gasteiger partial charge in [0.1, 0.15) is 0 Å². The molecule has 1 atom stereocenters. The zero-order valence-corrected chi connectivity index (χ0v) is 12.0. The third-order valence-electron chi connectivity index (χ3n) is 3.37. The molecule has 0 bridgehead atoms. The summed E-state index contributed by atoms with van der Waals surface area (Å²) in [6, 6.07) is 8.43. The van der Waals surface area contributed by atoms with E-state index in [9.17, 15) is 5.11 Å². The highest BCUT2D eigenvalue weighted by Gasteiger charge is 2.28. The molecule has 1 unspecified atom stereocenters. The second-order valence-electron chi connectivity index (χ2n) is 4.85. The summed E-state index contributed by atoms with van der Waals surface area (Å²) in [5.74, 6) is 0. The van der Waals surface area contributed by atoms with Crippen molar-refractivity contribution in [1.82, 2.24) is 4.90 Å². The normalized spacial score (nSPS) is 17.1. The van der Waals surface area contributed by atoms with Crippen LogP contribution in [0.15, 0.2) is 28.7 Å². The average Bonchev–Trinajstić information content (AvgIpc) is 3.18. The Kier molecular flexibility index (Phi) is 5.18. The third-order valence-corrected chi connectivity index (χ3v) is 3.87. The lowest BCUT2D eigenvalue weighted by atomic mass is 10.1. The predicted octanol–water partition coefficient (Wildman–Crippen LogP) is 2.33. The van der Waals surface area contributed by atoms with Crippen molar-refractivity contribution < 1.29 is 10.2 Å². The zero-order chi connectivity index (χ0) is 13.0. The molecule has 4 heteroatoms. The monoisotopic (exact) mass is 313 g/mol. The molecule has 0 aromatic heterocycles. The summed E-state index contributed by atoms with van der Waals surface area (Å²) < 4.78 is 0.994. The number of aliphatic hydroxyl groups excluding tert-OH is 2. The summed E-state index contributed by atoms with van der Waals surface area (Å²) in [7, 11) is 0. The van der Waals surface area contributed by atoms with Gasteiger partial charge in [0.05, 0.1) is 12.7 Å². The van der Waals surface area contributed by atoms with Crippen LogP contribution in [0.2, 0.25) is 0 Å². The Hall–Kier alpha value is -0.420. The molecule has 1 aliphatic rings. The number of hydrogen-bond donors (Lipinski definition) is 2. The van der Waals surface area contributed by atoms with Crippen LogP contribution in [-0.4, -0.2) is 40.9 Å². The van der Waals surface area contributed by atoms with Crippen LogP contribution in [0.4, 0.5) is 0 Å². The Morgan fingerprint density at radius 1 is 1.33 bits per heavy atom. The first-order chi connectivity index (χ1) is 8.70. The van der Waals surface area contributed by atoms with Crippen molar-refractivity contribution in [3.8, 4) is 0 Å². The molecule has 1 aromatic carbocycles. The molecule has 0 saturated heterocycles. The van der Waals surface area contributed by atoms with Crippen molar-refractivity contribution in [3.63, 3.8) is 0 Å². The van der Waals surface area contributed by atoms with Crippen LogP contribution in [0.5, 0.6) is 0 Å². The smallest absolute Gasteiger partial charge is 0.0802 e. The largest absolute Gasteiger partial charge is 0.395 e. The van der Waals surface area contributed by atoms with Gasteiger partial charge in [-0.3, -0.25) is 4.90 Å². The SMILES string of the molecule is OCCN(CCC(O)c1cccc(Br)c1)C1CC1. The van der Waals surface area contributed by atoms with Crippen LogP contribution in [0.25, 0.3) is 0 Å². The van der Waals surface area contributed by atoms with Crippen molar-refractivity contribution >= 4 is 15.9 Å². The molecule has 2 rings (SSSR count). The van der Waals surface area contributed by atoms with Crippen LogP contribution in [0.1, 0.15) is 30.9 Å². The molecule has 0 aliphatic heterocycles. The summed E-state index contributed by atoms with van der Waals surface area (Å²) in [6.45, 7) is 1.76. The van der Waals surface area contributed by atoms with Gasteiger partial charge in [-0.05, 0) is 37.0 Å². The third kappa shape index (κ3) is 4.05. The van der Waals surface area contributed by atoms with Crippen LogP contribution in [0.3, 0.4) is 0 Å². The van der Waals surface area contributed by atoms with Gasteiger partial charge >= 0.3 is 0 Å². The quantitative estimate of drug-likeness (QED) is 0.812. The highest BCUT2D eigenvalue weighted by atomic mass is 79.9. The maximum Gasteiger partial charge on any atom is 0.0802 e. The second kappa shape index (κ2) is 6.66. The van der Waals surface area contributed by atoms with E-state index < -0.39 is 6.10 Å². The standard InChI is InChI=1S/C14H20BrNO2/c15-12-3-1-2-11(10-12)14(18)6-7-16(8-9-17)13-4-5-13/h1-3,10,13-14,17-18H,4-9H2. The topological polar surface area (TPSA) is 43.7 Å². The Morgan fingerprint density at radius 3 is 2.72 bits per heavy atom. The number of nitrogens with zero attached hydrogens (tertiary/aromatic N) is 1. The van der Waals surface area contributed by atoms with E-state index in [1.807, 2.05) is 24.3 Å². The lowest BCUT2D eigenvalue weighted by Gasteiger charge is -2.22. The molecular weight excluding hydrogens is 294 g/mol. The molecular formula is C14H20BrNO2. The molecule has 2 N–H and O–H groups in total. The fourth-order valence-electron chi connectivity index (χ4n) is 2.21. The summed E-state index contributed by atoms with van der Waals surface area (Å²) >= 11 is 3.41. The molecule has 100 valence electrons. The number of halogens is 1. The Balaban J connectivity index is 1.84. The number of aliphatic hydroxyl groups is 2. The Labute approximate surface area is 117 Å². The molecule has 18 heavy (non-hydrogen) atoms. The van der Waals surface area contributed by atoms with E-state index in [2.05, 4.69) is 20.8 Å². The van der Waals surface area contributed by atoms with E-state index in [4.69, 9.17) is 5.11 Å². The van der Waals surface area contributed by atoms with E-state index in [1.165, 1.54) is 12.8 Å². The fraction of sp³-hybridized carbons (Fsp3) is 0.571. The van der Waals surface area contributed by atoms with Crippen molar-refractivity contribution in [1.29, 1.82) is 0 Å². The summed E-state index contributed by atoms with van der Waals surface area (Å²) in [5, 5.41) is 19.2. The van der Waals surface area contributed by atoms with Crippen molar-refractivity contribution in [3.05, 3.63) is 34.3 Å². The zero-order valence-electron chi connectivity index (χ0n) is 10.4. The molecule has 1 fully saturated rings. The molecule has 0 radical (unpaired) electrons. The summed E-state index contributed by atoms with van der Waals surface area (Å²) in [5.41, 5.74) is 0.948.